The van der Waals surface area contributed by atoms with Crippen LogP contribution in [0.4, 0.5) is 0 Å². The zero-order valence-electron chi connectivity index (χ0n) is 51.9. The molecule has 11 aromatic rings. The number of furan rings is 1. The molecule has 11 rings (SSSR count). The lowest BCUT2D eigenvalue weighted by atomic mass is 9.83. The third-order valence-corrected chi connectivity index (χ3v) is 9.21. The average Bonchev–Trinajstić information content (AvgIpc) is 3.74. The fourth-order valence-corrected chi connectivity index (χ4v) is 6.92. The summed E-state index contributed by atoms with van der Waals surface area (Å²) in [5.41, 5.74) is -3.16. The summed E-state index contributed by atoms with van der Waals surface area (Å²) < 4.78 is 231. The van der Waals surface area contributed by atoms with Crippen molar-refractivity contribution in [1.29, 1.82) is 0 Å². The molecular formula is C52H32O. The van der Waals surface area contributed by atoms with Gasteiger partial charge in [0, 0.05) is 10.8 Å². The Morgan fingerprint density at radius 2 is 0.906 bits per heavy atom. The van der Waals surface area contributed by atoms with Crippen LogP contribution in [0.15, 0.2) is 198 Å². The lowest BCUT2D eigenvalue weighted by Gasteiger charge is -2.20. The van der Waals surface area contributed by atoms with E-state index in [1.807, 2.05) is 0 Å². The molecule has 53 heavy (non-hydrogen) atoms. The van der Waals surface area contributed by atoms with Gasteiger partial charge in [-0.05, 0) is 106 Å². The van der Waals surface area contributed by atoms with Crippen LogP contribution in [-0.2, 0) is 0 Å². The van der Waals surface area contributed by atoms with Crippen LogP contribution in [0.3, 0.4) is 0 Å². The fraction of sp³-hybridized carbons (Fsp3) is 0. The zero-order chi connectivity index (χ0) is 56.6. The summed E-state index contributed by atoms with van der Waals surface area (Å²) in [6, 6.07) is -7.78. The van der Waals surface area contributed by atoms with Crippen molar-refractivity contribution < 1.29 is 38.7 Å². The maximum absolute atomic E-state index is 9.64. The Bertz CT molecular complexity index is 4640. The van der Waals surface area contributed by atoms with E-state index in [2.05, 4.69) is 0 Å². The van der Waals surface area contributed by atoms with Crippen molar-refractivity contribution >= 4 is 65.0 Å². The predicted molar refractivity (Wildman–Crippen MR) is 225 cm³/mol. The van der Waals surface area contributed by atoms with Crippen LogP contribution in [0.5, 0.6) is 0 Å². The molecule has 0 aliphatic rings. The molecule has 1 heterocycles. The Balaban J connectivity index is 1.28. The molecule has 0 bridgehead atoms. The molecule has 0 fully saturated rings. The van der Waals surface area contributed by atoms with Gasteiger partial charge in [0.2, 0.25) is 0 Å². The van der Waals surface area contributed by atoms with Crippen LogP contribution in [0.1, 0.15) is 34.3 Å². The first kappa shape index (κ1) is 14.2. The fourth-order valence-electron chi connectivity index (χ4n) is 6.92. The second kappa shape index (κ2) is 11.8. The minimum atomic E-state index is -0.959. The van der Waals surface area contributed by atoms with Crippen molar-refractivity contribution in [2.75, 3.05) is 0 Å². The van der Waals surface area contributed by atoms with Crippen molar-refractivity contribution in [3.8, 4) is 44.5 Å². The molecule has 0 spiro atoms. The maximum atomic E-state index is 9.64. The highest BCUT2D eigenvalue weighted by Gasteiger charge is 2.19. The monoisotopic (exact) mass is 697 g/mol. The van der Waals surface area contributed by atoms with Gasteiger partial charge in [0.05, 0.1) is 34.3 Å². The average molecular weight is 698 g/mol. The van der Waals surface area contributed by atoms with E-state index < -0.39 is 195 Å². The Hall–Kier alpha value is -6.96. The van der Waals surface area contributed by atoms with Gasteiger partial charge in [0.25, 0.3) is 0 Å². The Morgan fingerprint density at radius 1 is 0.321 bits per heavy atom. The highest BCUT2D eigenvalue weighted by molar-refractivity contribution is 6.24. The summed E-state index contributed by atoms with van der Waals surface area (Å²) in [5, 5.41) is -2.38. The topological polar surface area (TPSA) is 13.1 Å². The van der Waals surface area contributed by atoms with Crippen LogP contribution in [-0.4, -0.2) is 0 Å². The van der Waals surface area contributed by atoms with Crippen LogP contribution in [0.25, 0.3) is 110 Å². The number of benzene rings is 10. The van der Waals surface area contributed by atoms with Crippen molar-refractivity contribution in [1.82, 2.24) is 0 Å². The summed E-state index contributed by atoms with van der Waals surface area (Å²) in [6.07, 6.45) is 0. The molecule has 1 aromatic heterocycles. The molecule has 0 radical (unpaired) electrons. The lowest BCUT2D eigenvalue weighted by molar-refractivity contribution is 0.669. The number of fused-ring (bicyclic) bond motifs is 7. The van der Waals surface area contributed by atoms with Crippen molar-refractivity contribution in [3.63, 3.8) is 0 Å². The molecule has 246 valence electrons. The molecule has 0 saturated carbocycles. The van der Waals surface area contributed by atoms with E-state index in [9.17, 15) is 13.7 Å². The molecule has 0 aliphatic carbocycles. The summed E-state index contributed by atoms with van der Waals surface area (Å²) in [6.45, 7) is 0. The summed E-state index contributed by atoms with van der Waals surface area (Å²) in [4.78, 5) is 0. The first-order chi connectivity index (χ1) is 36.7. The largest absolute Gasteiger partial charge is 0.456 e. The van der Waals surface area contributed by atoms with Gasteiger partial charge in [-0.2, -0.15) is 0 Å². The van der Waals surface area contributed by atoms with Gasteiger partial charge in [0.15, 0.2) is 0 Å². The maximum Gasteiger partial charge on any atom is 0.136 e. The third kappa shape index (κ3) is 4.64. The van der Waals surface area contributed by atoms with E-state index >= 15 is 0 Å². The minimum absolute atomic E-state index is 0.115. The van der Waals surface area contributed by atoms with Crippen molar-refractivity contribution in [3.05, 3.63) is 194 Å². The minimum Gasteiger partial charge on any atom is -0.456 e. The zero-order valence-corrected chi connectivity index (χ0v) is 26.9. The molecule has 0 unspecified atom stereocenters. The summed E-state index contributed by atoms with van der Waals surface area (Å²) in [5.74, 6) is 0. The summed E-state index contributed by atoms with van der Waals surface area (Å²) in [7, 11) is 0. The van der Waals surface area contributed by atoms with Crippen LogP contribution >= 0.6 is 0 Å². The second-order valence-corrected chi connectivity index (χ2v) is 12.0. The highest BCUT2D eigenvalue weighted by atomic mass is 16.3. The molecule has 0 amide bonds. The van der Waals surface area contributed by atoms with E-state index in [-0.39, 0.29) is 65.7 Å². The number of rotatable bonds is 4. The Morgan fingerprint density at radius 3 is 1.74 bits per heavy atom. The molecule has 0 N–H and O–H groups in total. The lowest BCUT2D eigenvalue weighted by Crippen LogP contribution is -1.92. The van der Waals surface area contributed by atoms with Gasteiger partial charge in [-0.15, -0.1) is 0 Å². The smallest absolute Gasteiger partial charge is 0.136 e. The van der Waals surface area contributed by atoms with Gasteiger partial charge in [-0.1, -0.05) is 175 Å². The quantitative estimate of drug-likeness (QED) is 0.167. The molecule has 0 saturated heterocycles. The third-order valence-electron chi connectivity index (χ3n) is 9.21. The van der Waals surface area contributed by atoms with Gasteiger partial charge in [-0.25, -0.2) is 0 Å². The predicted octanol–water partition coefficient (Wildman–Crippen LogP) is 14.9. The number of hydrogen-bond acceptors (Lipinski definition) is 1. The van der Waals surface area contributed by atoms with Crippen LogP contribution in [0, 0.1) is 0 Å². The molecule has 1 nitrogen and oxygen atoms in total. The molecular weight excluding hydrogens is 641 g/mol. The van der Waals surface area contributed by atoms with Gasteiger partial charge in [0.1, 0.15) is 11.2 Å². The van der Waals surface area contributed by atoms with E-state index in [0.29, 0.717) is 0 Å². The SMILES string of the molecule is [2H]c1cc([2H])c2c(-c3ccc(-c4c([2H])c([2H])c5c(oc6c([2H])c([2H])c([2H])c([2H])c65)c4[2H])c4ccccc34)c3c([2H])c([2H])c([2H])c([2H])c3c(-c3c([2H])c([2H])c(-c4c([2H])c([2H])c([2H])c5c([2H])c([2H])c([2H])c([2H])c45)c([2H])c3[2H])c2c1[2H]. The van der Waals surface area contributed by atoms with Gasteiger partial charge in [-0.3, -0.25) is 0 Å². The number of para-hydroxylation sites is 1. The van der Waals surface area contributed by atoms with Gasteiger partial charge < -0.3 is 4.42 Å². The van der Waals surface area contributed by atoms with E-state index in [0.717, 1.165) is 6.07 Å². The molecule has 0 aliphatic heterocycles. The molecule has 0 atom stereocenters. The van der Waals surface area contributed by atoms with Crippen LogP contribution in [0.2, 0.25) is 0 Å². The van der Waals surface area contributed by atoms with Gasteiger partial charge >= 0.3 is 0 Å². The standard InChI is InChI=1S/C52H32O/c1-2-14-37-33(12-1)13-11-22-38(37)34-24-26-35(27-25-34)51-44-18-5-7-20-46(44)52(47-21-8-6-19-45(47)51)48-31-30-39(40-15-3-4-16-41(40)48)36-28-29-43-42-17-9-10-23-49(42)53-50(43)32-36/h1-32H/i1D,2D,5D,6D,7D,9D,10D,11D,12D,13D,14D,17D,18D,19D,20D,21D,22D,23D,24D,25D,26D,27D,28D,29D,32D. The Kier molecular flexibility index (Phi) is 3.17. The second-order valence-electron chi connectivity index (χ2n) is 12.0. The normalized spacial score (nSPS) is 18.4. The Labute approximate surface area is 342 Å². The van der Waals surface area contributed by atoms with Crippen molar-refractivity contribution in [2.24, 2.45) is 0 Å². The van der Waals surface area contributed by atoms with Crippen molar-refractivity contribution in [2.45, 2.75) is 0 Å². The van der Waals surface area contributed by atoms with Crippen LogP contribution < -0.4 is 0 Å². The van der Waals surface area contributed by atoms with E-state index in [4.69, 9.17) is 25.0 Å². The van der Waals surface area contributed by atoms with E-state index in [1.54, 1.807) is 24.3 Å². The number of hydrogen-bond donors (Lipinski definition) is 0. The summed E-state index contributed by atoms with van der Waals surface area (Å²) >= 11 is 0. The first-order valence-electron chi connectivity index (χ1n) is 28.7. The highest BCUT2D eigenvalue weighted by Crippen LogP contribution is 2.47. The molecule has 1 heteroatoms. The first-order valence-corrected chi connectivity index (χ1v) is 16.2. The van der Waals surface area contributed by atoms with E-state index in [1.165, 1.54) is 12.1 Å². The molecule has 10 aromatic carbocycles.